The maximum atomic E-state index is 14.4. The van der Waals surface area contributed by atoms with Crippen molar-refractivity contribution in [3.8, 4) is 5.69 Å². The summed E-state index contributed by atoms with van der Waals surface area (Å²) >= 11 is 6.18. The van der Waals surface area contributed by atoms with Crippen LogP contribution in [0.25, 0.3) is 5.69 Å². The van der Waals surface area contributed by atoms with Gasteiger partial charge in [0.05, 0.1) is 31.0 Å². The zero-order valence-corrected chi connectivity index (χ0v) is 19.0. The molecule has 33 heavy (non-hydrogen) atoms. The Labute approximate surface area is 195 Å². The summed E-state index contributed by atoms with van der Waals surface area (Å²) in [5.74, 6) is -1.01. The highest BCUT2D eigenvalue weighted by molar-refractivity contribution is 6.31. The molecule has 1 fully saturated rings. The summed E-state index contributed by atoms with van der Waals surface area (Å²) in [4.78, 5) is 34.3. The van der Waals surface area contributed by atoms with Gasteiger partial charge in [-0.05, 0) is 44.4 Å². The molecule has 1 aliphatic heterocycles. The molecule has 3 aromatic rings. The Morgan fingerprint density at radius 3 is 2.55 bits per heavy atom. The van der Waals surface area contributed by atoms with Gasteiger partial charge in [-0.1, -0.05) is 23.7 Å². The lowest BCUT2D eigenvalue weighted by Gasteiger charge is -2.25. The fourth-order valence-corrected chi connectivity index (χ4v) is 3.76. The van der Waals surface area contributed by atoms with Crippen LogP contribution in [-0.4, -0.2) is 76.7 Å². The molecular formula is C23H23ClFN5O3. The first-order valence-electron chi connectivity index (χ1n) is 10.4. The van der Waals surface area contributed by atoms with Gasteiger partial charge in [-0.3, -0.25) is 9.59 Å². The normalized spacial score (nSPS) is 14.0. The second-order valence-electron chi connectivity index (χ2n) is 7.88. The van der Waals surface area contributed by atoms with Crippen LogP contribution < -0.4 is 0 Å². The van der Waals surface area contributed by atoms with Gasteiger partial charge in [0.15, 0.2) is 5.78 Å². The highest BCUT2D eigenvalue weighted by Gasteiger charge is 2.26. The number of hydrogen-bond acceptors (Lipinski definition) is 6. The molecule has 2 aromatic carbocycles. The molecule has 0 unspecified atom stereocenters. The Morgan fingerprint density at radius 1 is 1.12 bits per heavy atom. The number of ether oxygens (including phenoxy) is 1. The molecule has 0 saturated carbocycles. The Kier molecular flexibility index (Phi) is 6.83. The zero-order valence-electron chi connectivity index (χ0n) is 18.3. The number of rotatable bonds is 6. The first-order valence-corrected chi connectivity index (χ1v) is 10.8. The second kappa shape index (κ2) is 9.78. The minimum Gasteiger partial charge on any atom is -0.378 e. The van der Waals surface area contributed by atoms with E-state index in [9.17, 15) is 14.0 Å². The number of aromatic nitrogens is 3. The molecule has 0 atom stereocenters. The summed E-state index contributed by atoms with van der Waals surface area (Å²) in [6, 6.07) is 10.4. The van der Waals surface area contributed by atoms with Crippen LogP contribution in [0.1, 0.15) is 32.4 Å². The molecule has 8 nitrogen and oxygen atoms in total. The fourth-order valence-electron chi connectivity index (χ4n) is 3.59. The smallest absolute Gasteiger partial charge is 0.293 e. The molecule has 1 aliphatic rings. The third kappa shape index (κ3) is 4.95. The van der Waals surface area contributed by atoms with Crippen LogP contribution in [0.4, 0.5) is 4.39 Å². The summed E-state index contributed by atoms with van der Waals surface area (Å²) in [6.45, 7) is 2.17. The average molecular weight is 472 g/mol. The Hall–Kier alpha value is -3.14. The van der Waals surface area contributed by atoms with Gasteiger partial charge in [0.25, 0.3) is 5.91 Å². The van der Waals surface area contributed by atoms with Crippen molar-refractivity contribution in [2.24, 2.45) is 0 Å². The van der Waals surface area contributed by atoms with Crippen molar-refractivity contribution in [2.45, 2.75) is 6.54 Å². The van der Waals surface area contributed by atoms with Gasteiger partial charge >= 0.3 is 0 Å². The van der Waals surface area contributed by atoms with Gasteiger partial charge in [-0.15, -0.1) is 5.10 Å². The van der Waals surface area contributed by atoms with Crippen LogP contribution in [0.2, 0.25) is 5.02 Å². The molecule has 4 rings (SSSR count). The average Bonchev–Trinajstić information content (AvgIpc) is 3.21. The number of halogens is 2. The lowest BCUT2D eigenvalue weighted by Crippen LogP contribution is -2.41. The number of hydrogen-bond donors (Lipinski definition) is 0. The van der Waals surface area contributed by atoms with E-state index in [2.05, 4.69) is 10.1 Å². The van der Waals surface area contributed by atoms with Crippen LogP contribution in [0.5, 0.6) is 0 Å². The van der Waals surface area contributed by atoms with Gasteiger partial charge in [0, 0.05) is 23.7 Å². The van der Waals surface area contributed by atoms with Crippen LogP contribution in [-0.2, 0) is 11.3 Å². The number of benzene rings is 2. The zero-order chi connectivity index (χ0) is 23.5. The van der Waals surface area contributed by atoms with Gasteiger partial charge in [0.2, 0.25) is 5.82 Å². The van der Waals surface area contributed by atoms with E-state index in [1.54, 1.807) is 23.1 Å². The first-order chi connectivity index (χ1) is 15.8. The van der Waals surface area contributed by atoms with Crippen molar-refractivity contribution in [1.29, 1.82) is 0 Å². The number of nitrogens with zero attached hydrogens (tertiary/aromatic N) is 5. The highest BCUT2D eigenvalue weighted by atomic mass is 35.5. The molecule has 10 heteroatoms. The summed E-state index contributed by atoms with van der Waals surface area (Å²) in [7, 11) is 3.71. The lowest BCUT2D eigenvalue weighted by atomic mass is 10.0. The molecule has 0 aliphatic carbocycles. The van der Waals surface area contributed by atoms with E-state index in [4.69, 9.17) is 16.3 Å². The third-order valence-corrected chi connectivity index (χ3v) is 5.41. The minimum atomic E-state index is -0.635. The van der Waals surface area contributed by atoms with Gasteiger partial charge in [-0.2, -0.15) is 0 Å². The molecule has 172 valence electrons. The number of amides is 1. The lowest BCUT2D eigenvalue weighted by molar-refractivity contribution is 0.0295. The molecule has 0 spiro atoms. The Morgan fingerprint density at radius 2 is 1.85 bits per heavy atom. The minimum absolute atomic E-state index is 0.0213. The molecule has 1 aromatic heterocycles. The second-order valence-corrected chi connectivity index (χ2v) is 8.31. The number of morpholine rings is 1. The molecular weight excluding hydrogens is 449 g/mol. The number of carbonyl (C=O) groups is 2. The Bertz CT molecular complexity index is 1190. The Balaban J connectivity index is 1.81. The third-order valence-electron chi connectivity index (χ3n) is 5.17. The standard InChI is InChI=1S/C23H23ClFN5O3/c1-28(2)14-20-26-22(23(32)29-9-11-33-12-10-29)27-30(20)19-8-7-15(24)13-17(19)21(31)16-5-3-4-6-18(16)25/h3-8,13H,9-12,14H2,1-2H3. The maximum Gasteiger partial charge on any atom is 0.293 e. The summed E-state index contributed by atoms with van der Waals surface area (Å²) < 4.78 is 21.1. The fraction of sp³-hybridized carbons (Fsp3) is 0.304. The van der Waals surface area contributed by atoms with Crippen LogP contribution in [0.15, 0.2) is 42.5 Å². The molecule has 0 radical (unpaired) electrons. The van der Waals surface area contributed by atoms with E-state index < -0.39 is 11.6 Å². The van der Waals surface area contributed by atoms with E-state index in [1.807, 2.05) is 19.0 Å². The van der Waals surface area contributed by atoms with Gasteiger partial charge in [-0.25, -0.2) is 14.1 Å². The SMILES string of the molecule is CN(C)Cc1nc(C(=O)N2CCOCC2)nn1-c1ccc(Cl)cc1C(=O)c1ccccc1F. The van der Waals surface area contributed by atoms with Crippen LogP contribution in [0.3, 0.4) is 0 Å². The van der Waals surface area contributed by atoms with E-state index in [1.165, 1.54) is 28.9 Å². The predicted octanol–water partition coefficient (Wildman–Crippen LogP) is 2.82. The van der Waals surface area contributed by atoms with Gasteiger partial charge < -0.3 is 14.5 Å². The van der Waals surface area contributed by atoms with Crippen molar-refractivity contribution in [3.63, 3.8) is 0 Å². The van der Waals surface area contributed by atoms with Gasteiger partial charge in [0.1, 0.15) is 11.6 Å². The van der Waals surface area contributed by atoms with Crippen molar-refractivity contribution in [3.05, 3.63) is 76.1 Å². The first kappa shape index (κ1) is 23.0. The summed E-state index contributed by atoms with van der Waals surface area (Å²) in [5, 5.41) is 4.77. The topological polar surface area (TPSA) is 80.6 Å². The van der Waals surface area contributed by atoms with E-state index in [0.717, 1.165) is 0 Å². The molecule has 0 bridgehead atoms. The van der Waals surface area contributed by atoms with Crippen molar-refractivity contribution >= 4 is 23.3 Å². The van der Waals surface area contributed by atoms with Crippen molar-refractivity contribution in [1.82, 2.24) is 24.6 Å². The quantitative estimate of drug-likeness (QED) is 0.514. The number of ketones is 1. The molecule has 1 saturated heterocycles. The van der Waals surface area contributed by atoms with E-state index >= 15 is 0 Å². The summed E-state index contributed by atoms with van der Waals surface area (Å²) in [6.07, 6.45) is 0. The van der Waals surface area contributed by atoms with Crippen LogP contribution in [0, 0.1) is 5.82 Å². The maximum absolute atomic E-state index is 14.4. The van der Waals surface area contributed by atoms with Crippen molar-refractivity contribution < 1.29 is 18.7 Å². The van der Waals surface area contributed by atoms with E-state index in [-0.39, 0.29) is 22.9 Å². The summed E-state index contributed by atoms with van der Waals surface area (Å²) in [5.41, 5.74) is 0.431. The van der Waals surface area contributed by atoms with Crippen molar-refractivity contribution in [2.75, 3.05) is 40.4 Å². The van der Waals surface area contributed by atoms with Crippen LogP contribution >= 0.6 is 11.6 Å². The highest BCUT2D eigenvalue weighted by Crippen LogP contribution is 2.25. The molecule has 2 heterocycles. The number of carbonyl (C=O) groups excluding carboxylic acids is 2. The largest absolute Gasteiger partial charge is 0.378 e. The van der Waals surface area contributed by atoms with E-state index in [0.29, 0.717) is 49.4 Å². The molecule has 1 amide bonds. The monoisotopic (exact) mass is 471 g/mol. The molecule has 0 N–H and O–H groups in total. The predicted molar refractivity (Wildman–Crippen MR) is 120 cm³/mol.